The number of fused-ring (bicyclic) bond motifs is 1. The van der Waals surface area contributed by atoms with Gasteiger partial charge >= 0.3 is 0 Å². The summed E-state index contributed by atoms with van der Waals surface area (Å²) in [6, 6.07) is 9.34. The van der Waals surface area contributed by atoms with Crippen molar-refractivity contribution in [3.63, 3.8) is 0 Å². The van der Waals surface area contributed by atoms with Crippen LogP contribution in [0.15, 0.2) is 47.2 Å². The maximum atomic E-state index is 13.2. The van der Waals surface area contributed by atoms with Gasteiger partial charge in [0.15, 0.2) is 11.4 Å². The second kappa shape index (κ2) is 8.43. The van der Waals surface area contributed by atoms with Crippen molar-refractivity contribution in [2.75, 3.05) is 31.2 Å². The second-order valence-electron chi connectivity index (χ2n) is 7.75. The van der Waals surface area contributed by atoms with E-state index in [0.29, 0.717) is 42.4 Å². The molecule has 4 aromatic rings. The van der Waals surface area contributed by atoms with E-state index >= 15 is 0 Å². The van der Waals surface area contributed by atoms with Crippen molar-refractivity contribution in [2.45, 2.75) is 13.5 Å². The third kappa shape index (κ3) is 3.82. The van der Waals surface area contributed by atoms with Gasteiger partial charge in [-0.25, -0.2) is 9.97 Å². The number of nitrogens with zero attached hydrogens (tertiary/aromatic N) is 5. The van der Waals surface area contributed by atoms with Crippen molar-refractivity contribution in [2.24, 2.45) is 7.05 Å². The lowest BCUT2D eigenvalue weighted by molar-refractivity contribution is 0.0952. The fourth-order valence-electron chi connectivity index (χ4n) is 3.95. The summed E-state index contributed by atoms with van der Waals surface area (Å²) in [6.07, 6.45) is 3.39. The Hall–Kier alpha value is -3.72. The molecule has 1 aliphatic rings. The summed E-state index contributed by atoms with van der Waals surface area (Å²) in [4.78, 5) is 24.6. The lowest BCUT2D eigenvalue weighted by Gasteiger charge is -2.27. The van der Waals surface area contributed by atoms with Crippen molar-refractivity contribution in [3.05, 3.63) is 59.6 Å². The van der Waals surface area contributed by atoms with Crippen LogP contribution in [0.3, 0.4) is 0 Å². The predicted molar refractivity (Wildman–Crippen MR) is 119 cm³/mol. The van der Waals surface area contributed by atoms with Gasteiger partial charge in [0, 0.05) is 32.9 Å². The van der Waals surface area contributed by atoms with E-state index in [9.17, 15) is 4.79 Å². The molecule has 1 amide bonds. The number of morpholine rings is 1. The van der Waals surface area contributed by atoms with Crippen molar-refractivity contribution in [1.82, 2.24) is 25.1 Å². The molecule has 1 aliphatic heterocycles. The Morgan fingerprint density at radius 3 is 2.78 bits per heavy atom. The third-order valence-corrected chi connectivity index (χ3v) is 5.58. The van der Waals surface area contributed by atoms with Crippen LogP contribution in [0.25, 0.3) is 22.5 Å². The first-order chi connectivity index (χ1) is 15.6. The van der Waals surface area contributed by atoms with Crippen molar-refractivity contribution < 1.29 is 13.9 Å². The van der Waals surface area contributed by atoms with Gasteiger partial charge < -0.3 is 19.4 Å². The van der Waals surface area contributed by atoms with Crippen LogP contribution in [0, 0.1) is 6.92 Å². The molecular weight excluding hydrogens is 408 g/mol. The Bertz CT molecular complexity index is 1240. The first-order valence-electron chi connectivity index (χ1n) is 10.5. The minimum absolute atomic E-state index is 0.196. The number of hydrogen-bond donors (Lipinski definition) is 1. The van der Waals surface area contributed by atoms with Crippen molar-refractivity contribution in [1.29, 1.82) is 0 Å². The standard InChI is InChI=1S/C23H24N6O3/c1-15-21-17(12-18(19-4-3-9-32-19)26-22(21)28(2)27-15)23(30)25-14-16-5-6-20(24-13-16)29-7-10-31-11-8-29/h3-6,9,12-13H,7-8,10-11,14H2,1-2H3,(H,25,30). The number of anilines is 1. The quantitative estimate of drug-likeness (QED) is 0.518. The lowest BCUT2D eigenvalue weighted by Crippen LogP contribution is -2.36. The van der Waals surface area contributed by atoms with Gasteiger partial charge in [0.2, 0.25) is 0 Å². The van der Waals surface area contributed by atoms with Crippen LogP contribution < -0.4 is 10.2 Å². The number of carbonyl (C=O) groups excluding carboxylic acids is 1. The first-order valence-corrected chi connectivity index (χ1v) is 10.5. The monoisotopic (exact) mass is 432 g/mol. The van der Waals surface area contributed by atoms with E-state index in [2.05, 4.69) is 25.3 Å². The smallest absolute Gasteiger partial charge is 0.252 e. The second-order valence-corrected chi connectivity index (χ2v) is 7.75. The van der Waals surface area contributed by atoms with Crippen LogP contribution in [0.5, 0.6) is 0 Å². The van der Waals surface area contributed by atoms with Gasteiger partial charge in [0.25, 0.3) is 5.91 Å². The van der Waals surface area contributed by atoms with Gasteiger partial charge in [-0.15, -0.1) is 0 Å². The van der Waals surface area contributed by atoms with Gasteiger partial charge in [0.05, 0.1) is 36.1 Å². The average Bonchev–Trinajstić information content (AvgIpc) is 3.46. The summed E-state index contributed by atoms with van der Waals surface area (Å²) in [5, 5.41) is 8.19. The van der Waals surface area contributed by atoms with Crippen LogP contribution in [0.4, 0.5) is 5.82 Å². The summed E-state index contributed by atoms with van der Waals surface area (Å²) in [7, 11) is 1.82. The minimum Gasteiger partial charge on any atom is -0.463 e. The molecule has 0 atom stereocenters. The largest absolute Gasteiger partial charge is 0.463 e. The first kappa shape index (κ1) is 20.2. The summed E-state index contributed by atoms with van der Waals surface area (Å²) < 4.78 is 12.6. The number of nitrogens with one attached hydrogen (secondary N) is 1. The number of pyridine rings is 2. The number of ether oxygens (including phenoxy) is 1. The summed E-state index contributed by atoms with van der Waals surface area (Å²) in [5.41, 5.74) is 3.42. The van der Waals surface area contributed by atoms with E-state index in [4.69, 9.17) is 9.15 Å². The van der Waals surface area contributed by atoms with Gasteiger partial charge in [-0.05, 0) is 36.8 Å². The number of hydrogen-bond acceptors (Lipinski definition) is 7. The fraction of sp³-hybridized carbons (Fsp3) is 0.304. The molecule has 1 saturated heterocycles. The number of carbonyl (C=O) groups is 1. The highest BCUT2D eigenvalue weighted by atomic mass is 16.5. The number of rotatable bonds is 5. The Morgan fingerprint density at radius 1 is 1.22 bits per heavy atom. The summed E-state index contributed by atoms with van der Waals surface area (Å²) in [5.74, 6) is 1.33. The summed E-state index contributed by atoms with van der Waals surface area (Å²) >= 11 is 0. The number of aryl methyl sites for hydroxylation is 2. The van der Waals surface area contributed by atoms with E-state index in [1.165, 1.54) is 0 Å². The van der Waals surface area contributed by atoms with Gasteiger partial charge in [-0.3, -0.25) is 9.48 Å². The molecule has 0 bridgehead atoms. The molecule has 0 aliphatic carbocycles. The highest BCUT2D eigenvalue weighted by Gasteiger charge is 2.20. The van der Waals surface area contributed by atoms with Crippen LogP contribution in [-0.4, -0.2) is 52.0 Å². The molecule has 9 nitrogen and oxygen atoms in total. The van der Waals surface area contributed by atoms with Crippen molar-refractivity contribution in [3.8, 4) is 11.5 Å². The third-order valence-electron chi connectivity index (χ3n) is 5.58. The van der Waals surface area contributed by atoms with E-state index in [0.717, 1.165) is 35.6 Å². The van der Waals surface area contributed by atoms with Gasteiger partial charge in [0.1, 0.15) is 11.5 Å². The van der Waals surface area contributed by atoms with Crippen LogP contribution in [0.2, 0.25) is 0 Å². The molecule has 5 rings (SSSR count). The minimum atomic E-state index is -0.196. The van der Waals surface area contributed by atoms with E-state index in [-0.39, 0.29) is 5.91 Å². The molecular formula is C23H24N6O3. The Kier molecular flexibility index (Phi) is 5.32. The molecule has 1 N–H and O–H groups in total. The molecule has 164 valence electrons. The number of amides is 1. The van der Waals surface area contributed by atoms with Crippen molar-refractivity contribution >= 4 is 22.8 Å². The fourth-order valence-corrected chi connectivity index (χ4v) is 3.95. The maximum absolute atomic E-state index is 13.2. The topological polar surface area (TPSA) is 98.3 Å². The SMILES string of the molecule is Cc1nn(C)c2nc(-c3ccco3)cc(C(=O)NCc3ccc(N4CCOCC4)nc3)c12. The summed E-state index contributed by atoms with van der Waals surface area (Å²) in [6.45, 7) is 5.35. The van der Waals surface area contributed by atoms with Crippen LogP contribution in [-0.2, 0) is 18.3 Å². The molecule has 9 heteroatoms. The zero-order valence-electron chi connectivity index (χ0n) is 18.0. The predicted octanol–water partition coefficient (Wildman–Crippen LogP) is 2.70. The molecule has 32 heavy (non-hydrogen) atoms. The molecule has 5 heterocycles. The highest BCUT2D eigenvalue weighted by Crippen LogP contribution is 2.27. The Labute approximate surface area is 185 Å². The molecule has 4 aromatic heterocycles. The molecule has 0 unspecified atom stereocenters. The lowest BCUT2D eigenvalue weighted by atomic mass is 10.1. The average molecular weight is 432 g/mol. The molecule has 0 aromatic carbocycles. The van der Waals surface area contributed by atoms with Gasteiger partial charge in [-0.1, -0.05) is 6.07 Å². The number of aromatic nitrogens is 4. The Balaban J connectivity index is 1.37. The van der Waals surface area contributed by atoms with Crippen LogP contribution in [0.1, 0.15) is 21.6 Å². The van der Waals surface area contributed by atoms with Crippen LogP contribution >= 0.6 is 0 Å². The zero-order valence-corrected chi connectivity index (χ0v) is 18.0. The normalized spacial score (nSPS) is 14.1. The number of furan rings is 1. The molecule has 0 spiro atoms. The maximum Gasteiger partial charge on any atom is 0.252 e. The highest BCUT2D eigenvalue weighted by molar-refractivity contribution is 6.07. The molecule has 0 radical (unpaired) electrons. The van der Waals surface area contributed by atoms with Gasteiger partial charge in [-0.2, -0.15) is 5.10 Å². The molecule has 0 saturated carbocycles. The Morgan fingerprint density at radius 2 is 2.06 bits per heavy atom. The van der Waals surface area contributed by atoms with E-state index in [1.807, 2.05) is 32.2 Å². The van der Waals surface area contributed by atoms with E-state index < -0.39 is 0 Å². The molecule has 1 fully saturated rings. The zero-order chi connectivity index (χ0) is 22.1. The van der Waals surface area contributed by atoms with E-state index in [1.54, 1.807) is 29.3 Å².